The van der Waals surface area contributed by atoms with Gasteiger partial charge in [0.25, 0.3) is 0 Å². The third-order valence-electron chi connectivity index (χ3n) is 4.51. The molecule has 0 fully saturated rings. The maximum absolute atomic E-state index is 12.9. The van der Waals surface area contributed by atoms with Gasteiger partial charge in [0.05, 0.1) is 0 Å². The number of carbonyl (C=O) groups is 2. The highest BCUT2D eigenvalue weighted by atomic mass is 16.3. The number of hydrogen-bond acceptors (Lipinski definition) is 4. The molecule has 0 heterocycles. The molecule has 0 aromatic heterocycles. The second kappa shape index (κ2) is 4.61. The summed E-state index contributed by atoms with van der Waals surface area (Å²) in [6.45, 7) is 1.74. The zero-order valence-corrected chi connectivity index (χ0v) is 12.6. The zero-order chi connectivity index (χ0) is 17.2. The van der Waals surface area contributed by atoms with Gasteiger partial charge in [-0.15, -0.1) is 0 Å². The van der Waals surface area contributed by atoms with Gasteiger partial charge in [-0.3, -0.25) is 9.59 Å². The van der Waals surface area contributed by atoms with Crippen molar-refractivity contribution in [3.05, 3.63) is 63.7 Å². The Bertz CT molecular complexity index is 1000. The van der Waals surface area contributed by atoms with Gasteiger partial charge in [-0.1, -0.05) is 12.1 Å². The van der Waals surface area contributed by atoms with Gasteiger partial charge >= 0.3 is 0 Å². The van der Waals surface area contributed by atoms with Crippen LogP contribution in [0.2, 0.25) is 0 Å². The van der Waals surface area contributed by atoms with Gasteiger partial charge < -0.3 is 20.9 Å². The van der Waals surface area contributed by atoms with Gasteiger partial charge in [0.2, 0.25) is 11.8 Å². The topological polar surface area (TPSA) is 111 Å². The number of carbonyl (C=O) groups excluding carboxylic acids is 2. The monoisotopic (exact) mass is 320 g/mol. The number of phenols is 2. The van der Waals surface area contributed by atoms with Crippen molar-refractivity contribution < 1.29 is 24.9 Å². The third-order valence-corrected chi connectivity index (χ3v) is 4.51. The molecule has 24 heavy (non-hydrogen) atoms. The van der Waals surface area contributed by atoms with E-state index in [0.717, 1.165) is 0 Å². The molecule has 3 N–H and O–H groups in total. The van der Waals surface area contributed by atoms with Crippen LogP contribution < -0.4 is 5.11 Å². The Balaban J connectivity index is 2.15. The molecule has 2 aromatic carbocycles. The summed E-state index contributed by atoms with van der Waals surface area (Å²) < 4.78 is 0. The molecule has 0 amide bonds. The summed E-state index contributed by atoms with van der Waals surface area (Å²) in [7, 11) is 0. The predicted molar refractivity (Wildman–Crippen MR) is 84.2 cm³/mol. The molecule has 2 aliphatic carbocycles. The molecule has 6 heteroatoms. The smallest absolute Gasteiger partial charge is 0.235 e. The van der Waals surface area contributed by atoms with E-state index in [0.29, 0.717) is 11.1 Å². The fraction of sp³-hybridized carbons (Fsp3) is 0.111. The second-order valence-electron chi connectivity index (χ2n) is 5.95. The summed E-state index contributed by atoms with van der Waals surface area (Å²) in [4.78, 5) is 25.7. The molecular weight excluding hydrogens is 308 g/mol. The molecule has 6 nitrogen and oxygen atoms in total. The Labute approximate surface area is 136 Å². The Kier molecular flexibility index (Phi) is 2.75. The number of benzene rings is 2. The first-order chi connectivity index (χ1) is 11.5. The number of Topliss-reactive ketones (excluding diaryl/α,β-unsaturated/α-hetero) is 2. The van der Waals surface area contributed by atoms with Crippen molar-refractivity contribution >= 4 is 22.7 Å². The van der Waals surface area contributed by atoms with Crippen LogP contribution in [0.4, 0.5) is 0 Å². The van der Waals surface area contributed by atoms with Crippen LogP contribution in [0.5, 0.6) is 11.5 Å². The van der Waals surface area contributed by atoms with Gasteiger partial charge in [0.1, 0.15) is 11.5 Å². The first kappa shape index (κ1) is 14.3. The van der Waals surface area contributed by atoms with Crippen molar-refractivity contribution in [2.24, 2.45) is 0 Å². The average Bonchev–Trinajstić information content (AvgIpc) is 2.82. The molecule has 118 valence electrons. The lowest BCUT2D eigenvalue weighted by atomic mass is 9.80. The highest BCUT2D eigenvalue weighted by Crippen LogP contribution is 2.50. The predicted octanol–water partition coefficient (Wildman–Crippen LogP) is 1.24. The lowest BCUT2D eigenvalue weighted by Crippen LogP contribution is -2.68. The molecule has 2 aliphatic rings. The molecule has 0 bridgehead atoms. The minimum Gasteiger partial charge on any atom is -0.508 e. The minimum absolute atomic E-state index is 0.0197. The van der Waals surface area contributed by atoms with Crippen LogP contribution in [0.1, 0.15) is 38.7 Å². The van der Waals surface area contributed by atoms with Crippen LogP contribution in [-0.4, -0.2) is 21.8 Å². The number of hydrogen-bond donors (Lipinski definition) is 3. The summed E-state index contributed by atoms with van der Waals surface area (Å²) in [5.74, 6) is -1.29. The number of allylic oxidation sites excluding steroid dienone is 1. The summed E-state index contributed by atoms with van der Waals surface area (Å²) in [5.41, 5.74) is 11.1. The first-order valence-electron chi connectivity index (χ1n) is 7.34. The second-order valence-corrected chi connectivity index (χ2v) is 5.95. The van der Waals surface area contributed by atoms with E-state index in [4.69, 9.17) is 0 Å². The largest absolute Gasteiger partial charge is 0.508 e. The van der Waals surface area contributed by atoms with E-state index >= 15 is 0 Å². The molecule has 0 radical (unpaired) electrons. The number of fused-ring (bicyclic) bond motifs is 4. The number of phenolic OH excluding ortho intramolecular Hbond substituents is 2. The number of ketones is 2. The van der Waals surface area contributed by atoms with Gasteiger partial charge in [0.15, 0.2) is 5.78 Å². The average molecular weight is 320 g/mol. The van der Waals surface area contributed by atoms with E-state index in [1.165, 1.54) is 24.3 Å². The van der Waals surface area contributed by atoms with Crippen LogP contribution in [0, 0.1) is 6.92 Å². The molecule has 2 aromatic rings. The lowest BCUT2D eigenvalue weighted by Gasteiger charge is -2.22. The molecule has 0 saturated heterocycles. The maximum atomic E-state index is 12.9. The molecule has 0 aliphatic heterocycles. The van der Waals surface area contributed by atoms with Crippen LogP contribution in [0.3, 0.4) is 0 Å². The van der Waals surface area contributed by atoms with E-state index in [1.54, 1.807) is 13.0 Å². The van der Waals surface area contributed by atoms with Crippen molar-refractivity contribution in [2.75, 3.05) is 0 Å². The van der Waals surface area contributed by atoms with Crippen molar-refractivity contribution in [2.45, 2.75) is 13.0 Å². The van der Waals surface area contributed by atoms with E-state index in [1.807, 2.05) is 5.11 Å². The zero-order valence-electron chi connectivity index (χ0n) is 12.6. The standard InChI is InChI=1S/C18H12N2O4/c1-7-5-9-13(11(22)6-7)14-15(18(24)16(9)20-19)12-8(17(14)23)3-2-4-10(12)21/h2-6,16,20-22H,1H3. The fourth-order valence-electron chi connectivity index (χ4n) is 3.56. The number of nitrogens with one attached hydrogen (secondary N) is 1. The summed E-state index contributed by atoms with van der Waals surface area (Å²) >= 11 is 0. The third kappa shape index (κ3) is 1.59. The van der Waals surface area contributed by atoms with Crippen molar-refractivity contribution in [3.8, 4) is 11.5 Å². The highest BCUT2D eigenvalue weighted by Gasteiger charge is 2.46. The van der Waals surface area contributed by atoms with Crippen molar-refractivity contribution in [1.82, 2.24) is 0 Å². The van der Waals surface area contributed by atoms with Gasteiger partial charge in [-0.05, 0) is 30.7 Å². The van der Waals surface area contributed by atoms with Crippen LogP contribution >= 0.6 is 0 Å². The first-order valence-corrected chi connectivity index (χ1v) is 7.34. The Hall–Kier alpha value is -3.28. The maximum Gasteiger partial charge on any atom is 0.235 e. The van der Waals surface area contributed by atoms with E-state index in [2.05, 4.69) is 0 Å². The number of rotatable bonds is 1. The van der Waals surface area contributed by atoms with Gasteiger partial charge in [-0.2, -0.15) is 0 Å². The Morgan fingerprint density at radius 2 is 1.79 bits per heavy atom. The van der Waals surface area contributed by atoms with Gasteiger partial charge in [0, 0.05) is 33.4 Å². The summed E-state index contributed by atoms with van der Waals surface area (Å²) in [5, 5.41) is 22.5. The molecule has 0 saturated carbocycles. The Morgan fingerprint density at radius 1 is 1.04 bits per heavy atom. The molecular formula is C18H12N2O4. The lowest BCUT2D eigenvalue weighted by molar-refractivity contribution is -0.515. The number of aryl methyl sites for hydroxylation is 1. The summed E-state index contributed by atoms with van der Waals surface area (Å²) in [6, 6.07) is 6.44. The van der Waals surface area contributed by atoms with Crippen LogP contribution in [0.15, 0.2) is 30.3 Å². The summed E-state index contributed by atoms with van der Waals surface area (Å²) in [6.07, 6.45) is 0. The molecule has 0 spiro atoms. The minimum atomic E-state index is -1.12. The molecule has 4 rings (SSSR count). The normalized spacial score (nSPS) is 18.3. The molecule has 1 atom stereocenters. The van der Waals surface area contributed by atoms with E-state index < -0.39 is 17.6 Å². The molecule has 1 unspecified atom stereocenters. The number of aromatic hydroxyl groups is 2. The van der Waals surface area contributed by atoms with Crippen molar-refractivity contribution in [1.29, 1.82) is 0 Å². The van der Waals surface area contributed by atoms with E-state index in [9.17, 15) is 25.3 Å². The van der Waals surface area contributed by atoms with Gasteiger partial charge in [-0.25, -0.2) is 0 Å². The number of nitrogens with zero attached hydrogens (tertiary/aromatic N) is 1. The SMILES string of the molecule is Cc1cc(O)c2c(c1)C([NH+]=[N-])C(=O)C1=C2C(=O)c2cccc(O)c21. The Morgan fingerprint density at radius 3 is 2.50 bits per heavy atom. The fourth-order valence-corrected chi connectivity index (χ4v) is 3.56. The quantitative estimate of drug-likeness (QED) is 0.686. The highest BCUT2D eigenvalue weighted by molar-refractivity contribution is 6.52. The van der Waals surface area contributed by atoms with E-state index in [-0.39, 0.29) is 39.3 Å². The van der Waals surface area contributed by atoms with Crippen LogP contribution in [0.25, 0.3) is 16.7 Å². The van der Waals surface area contributed by atoms with Crippen molar-refractivity contribution in [3.63, 3.8) is 0 Å². The van der Waals surface area contributed by atoms with Crippen LogP contribution in [-0.2, 0) is 4.79 Å².